The topological polar surface area (TPSA) is 110 Å². The predicted octanol–water partition coefficient (Wildman–Crippen LogP) is 2.61. The molecule has 0 saturated carbocycles. The molecule has 1 aliphatic heterocycles. The third-order valence-electron chi connectivity index (χ3n) is 4.38. The van der Waals surface area contributed by atoms with E-state index in [-0.39, 0.29) is 16.5 Å². The van der Waals surface area contributed by atoms with Gasteiger partial charge < -0.3 is 23.9 Å². The van der Waals surface area contributed by atoms with Crippen LogP contribution in [0.3, 0.4) is 0 Å². The van der Waals surface area contributed by atoms with Crippen molar-refractivity contribution in [2.24, 2.45) is 0 Å². The molecule has 0 aliphatic carbocycles. The highest BCUT2D eigenvalue weighted by Crippen LogP contribution is 2.33. The Morgan fingerprint density at radius 2 is 1.97 bits per heavy atom. The fourth-order valence-electron chi connectivity index (χ4n) is 2.86. The van der Waals surface area contributed by atoms with Crippen LogP contribution in [0.4, 0.5) is 11.8 Å². The highest BCUT2D eigenvalue weighted by Gasteiger charge is 2.21. The van der Waals surface area contributed by atoms with Crippen molar-refractivity contribution in [3.63, 3.8) is 0 Å². The lowest BCUT2D eigenvalue weighted by Gasteiger charge is -2.24. The van der Waals surface area contributed by atoms with Crippen molar-refractivity contribution in [3.8, 4) is 0 Å². The molecular weight excluding hydrogens is 417 g/mol. The first-order valence-corrected chi connectivity index (χ1v) is 11.9. The van der Waals surface area contributed by atoms with Crippen LogP contribution in [0.5, 0.6) is 0 Å². The van der Waals surface area contributed by atoms with Gasteiger partial charge in [-0.2, -0.15) is 4.98 Å². The molecule has 3 aromatic rings. The quantitative estimate of drug-likeness (QED) is 0.492. The summed E-state index contributed by atoms with van der Waals surface area (Å²) in [5.41, 5.74) is 1.24. The SMILES string of the molecule is CP(C)(=O)c1cccc(NC(=O)c2cc3oc(N4CCOCC4)nc3nc2Cl)n1. The van der Waals surface area contributed by atoms with Crippen LogP contribution in [-0.4, -0.2) is 60.5 Å². The number of hydrogen-bond acceptors (Lipinski definition) is 8. The van der Waals surface area contributed by atoms with Gasteiger partial charge in [-0.3, -0.25) is 4.79 Å². The number of halogens is 1. The Bertz CT molecular complexity index is 1120. The van der Waals surface area contributed by atoms with E-state index in [0.29, 0.717) is 49.0 Å². The number of nitrogens with zero attached hydrogens (tertiary/aromatic N) is 4. The number of oxazole rings is 1. The minimum atomic E-state index is -2.55. The lowest BCUT2D eigenvalue weighted by molar-refractivity contribution is 0.102. The molecule has 1 fully saturated rings. The van der Waals surface area contributed by atoms with Gasteiger partial charge in [0.25, 0.3) is 11.9 Å². The Labute approximate surface area is 171 Å². The predicted molar refractivity (Wildman–Crippen MR) is 111 cm³/mol. The molecule has 0 radical (unpaired) electrons. The number of hydrogen-bond donors (Lipinski definition) is 1. The Balaban J connectivity index is 1.60. The zero-order valence-electron chi connectivity index (χ0n) is 15.9. The number of rotatable bonds is 4. The zero-order valence-corrected chi connectivity index (χ0v) is 17.5. The molecule has 4 heterocycles. The first kappa shape index (κ1) is 19.8. The molecule has 1 N–H and O–H groups in total. The second-order valence-corrected chi connectivity index (χ2v) is 10.4. The van der Waals surface area contributed by atoms with E-state index < -0.39 is 13.0 Å². The van der Waals surface area contributed by atoms with E-state index in [9.17, 15) is 9.36 Å². The Hall–Kier alpha value is -2.48. The number of morpholine rings is 1. The summed E-state index contributed by atoms with van der Waals surface area (Å²) in [5, 5.41) is 2.67. The van der Waals surface area contributed by atoms with Crippen molar-refractivity contribution in [2.45, 2.75) is 0 Å². The molecule has 1 aliphatic rings. The molecule has 9 nitrogen and oxygen atoms in total. The van der Waals surface area contributed by atoms with Gasteiger partial charge in [0.05, 0.1) is 18.8 Å². The second kappa shape index (κ2) is 7.74. The molecule has 11 heteroatoms. The fourth-order valence-corrected chi connectivity index (χ4v) is 3.87. The van der Waals surface area contributed by atoms with Crippen LogP contribution < -0.4 is 15.7 Å². The number of ether oxygens (including phenoxy) is 1. The van der Waals surface area contributed by atoms with E-state index in [2.05, 4.69) is 20.3 Å². The van der Waals surface area contributed by atoms with E-state index in [0.717, 1.165) is 0 Å². The number of carbonyl (C=O) groups excluding carboxylic acids is 1. The van der Waals surface area contributed by atoms with E-state index in [1.54, 1.807) is 31.5 Å². The average molecular weight is 436 g/mol. The van der Waals surface area contributed by atoms with Crippen molar-refractivity contribution in [2.75, 3.05) is 49.8 Å². The highest BCUT2D eigenvalue weighted by atomic mass is 35.5. The van der Waals surface area contributed by atoms with Gasteiger partial charge in [0, 0.05) is 19.2 Å². The third kappa shape index (κ3) is 4.27. The molecule has 29 heavy (non-hydrogen) atoms. The van der Waals surface area contributed by atoms with E-state index >= 15 is 0 Å². The largest absolute Gasteiger partial charge is 0.422 e. The summed E-state index contributed by atoms with van der Waals surface area (Å²) >= 11 is 6.21. The van der Waals surface area contributed by atoms with Gasteiger partial charge in [-0.15, -0.1) is 0 Å². The second-order valence-electron chi connectivity index (χ2n) is 6.93. The smallest absolute Gasteiger partial charge is 0.300 e. The lowest BCUT2D eigenvalue weighted by Crippen LogP contribution is -2.36. The number of pyridine rings is 2. The van der Waals surface area contributed by atoms with Crippen LogP contribution in [0.1, 0.15) is 10.4 Å². The number of nitrogens with one attached hydrogen (secondary N) is 1. The van der Waals surface area contributed by atoms with Crippen molar-refractivity contribution in [1.29, 1.82) is 0 Å². The van der Waals surface area contributed by atoms with Crippen molar-refractivity contribution < 1.29 is 18.5 Å². The Kier molecular flexibility index (Phi) is 5.29. The van der Waals surface area contributed by atoms with Crippen LogP contribution in [0.25, 0.3) is 11.2 Å². The maximum absolute atomic E-state index is 12.7. The zero-order chi connectivity index (χ0) is 20.6. The molecule has 4 rings (SSSR count). The van der Waals surface area contributed by atoms with Crippen LogP contribution in [0.2, 0.25) is 5.15 Å². The van der Waals surface area contributed by atoms with Gasteiger partial charge in [-0.05, 0) is 25.5 Å². The monoisotopic (exact) mass is 435 g/mol. The molecule has 3 aromatic heterocycles. The first-order chi connectivity index (χ1) is 13.8. The summed E-state index contributed by atoms with van der Waals surface area (Å²) in [7, 11) is -2.55. The summed E-state index contributed by atoms with van der Waals surface area (Å²) in [6, 6.07) is 6.89. The molecule has 0 atom stereocenters. The maximum atomic E-state index is 12.7. The summed E-state index contributed by atoms with van der Waals surface area (Å²) in [5.74, 6) is -0.223. The fraction of sp³-hybridized carbons (Fsp3) is 0.333. The van der Waals surface area contributed by atoms with Gasteiger partial charge in [-0.25, -0.2) is 9.97 Å². The van der Waals surface area contributed by atoms with E-state index in [1.165, 1.54) is 6.07 Å². The van der Waals surface area contributed by atoms with Crippen molar-refractivity contribution in [3.05, 3.63) is 35.0 Å². The van der Waals surface area contributed by atoms with Gasteiger partial charge in [0.15, 0.2) is 5.58 Å². The summed E-state index contributed by atoms with van der Waals surface area (Å²) < 4.78 is 23.3. The van der Waals surface area contributed by atoms with Crippen molar-refractivity contribution in [1.82, 2.24) is 15.0 Å². The highest BCUT2D eigenvalue weighted by molar-refractivity contribution is 7.69. The van der Waals surface area contributed by atoms with Gasteiger partial charge >= 0.3 is 0 Å². The number of aromatic nitrogens is 3. The van der Waals surface area contributed by atoms with Gasteiger partial charge in [0.2, 0.25) is 5.65 Å². The van der Waals surface area contributed by atoms with Gasteiger partial charge in [-0.1, -0.05) is 17.7 Å². The summed E-state index contributed by atoms with van der Waals surface area (Å²) in [6.07, 6.45) is 0. The lowest BCUT2D eigenvalue weighted by atomic mass is 10.2. The van der Waals surface area contributed by atoms with Crippen LogP contribution in [0.15, 0.2) is 28.7 Å². The van der Waals surface area contributed by atoms with Crippen LogP contribution in [0, 0.1) is 0 Å². The van der Waals surface area contributed by atoms with Crippen molar-refractivity contribution >= 4 is 53.1 Å². The number of anilines is 2. The van der Waals surface area contributed by atoms with E-state index in [4.69, 9.17) is 20.8 Å². The number of fused-ring (bicyclic) bond motifs is 1. The minimum Gasteiger partial charge on any atom is -0.422 e. The maximum Gasteiger partial charge on any atom is 0.300 e. The number of carbonyl (C=O) groups is 1. The minimum absolute atomic E-state index is 0.00429. The first-order valence-electron chi connectivity index (χ1n) is 8.95. The number of amides is 1. The standard InChI is InChI=1S/C18H19ClN5O4P/c1-29(2,26)14-5-3-4-13(20-14)21-17(25)11-10-12-16(22-15(11)19)23-18(28-12)24-6-8-27-9-7-24/h3-5,10H,6-9H2,1-2H3,(H,20,21,25). The molecule has 1 amide bonds. The summed E-state index contributed by atoms with van der Waals surface area (Å²) in [4.78, 5) is 27.5. The third-order valence-corrected chi connectivity index (χ3v) is 6.02. The van der Waals surface area contributed by atoms with Crippen LogP contribution in [-0.2, 0) is 9.30 Å². The average Bonchev–Trinajstić information content (AvgIpc) is 3.10. The normalized spacial score (nSPS) is 14.9. The Morgan fingerprint density at radius 1 is 1.21 bits per heavy atom. The Morgan fingerprint density at radius 3 is 2.69 bits per heavy atom. The molecule has 1 saturated heterocycles. The summed E-state index contributed by atoms with van der Waals surface area (Å²) in [6.45, 7) is 5.74. The molecule has 0 aromatic carbocycles. The van der Waals surface area contributed by atoms with Gasteiger partial charge in [0.1, 0.15) is 23.5 Å². The molecule has 0 spiro atoms. The molecule has 0 unspecified atom stereocenters. The molecule has 0 bridgehead atoms. The molecule has 152 valence electrons. The van der Waals surface area contributed by atoms with E-state index in [1.807, 2.05) is 4.90 Å². The molecular formula is C18H19ClN5O4P. The van der Waals surface area contributed by atoms with Crippen LogP contribution >= 0.6 is 18.7 Å².